The van der Waals surface area contributed by atoms with Gasteiger partial charge in [-0.05, 0) is 50.8 Å². The Morgan fingerprint density at radius 2 is 1.83 bits per heavy atom. The lowest BCUT2D eigenvalue weighted by Crippen LogP contribution is -2.41. The molecule has 1 aromatic rings. The molecule has 0 unspecified atom stereocenters. The van der Waals surface area contributed by atoms with E-state index in [0.717, 1.165) is 12.8 Å². The number of amides is 4. The molecule has 0 spiro atoms. The van der Waals surface area contributed by atoms with E-state index < -0.39 is 0 Å². The number of nitriles is 1. The van der Waals surface area contributed by atoms with Gasteiger partial charge in [-0.25, -0.2) is 0 Å². The highest BCUT2D eigenvalue weighted by atomic mass is 16.2. The van der Waals surface area contributed by atoms with Crippen molar-refractivity contribution in [2.24, 2.45) is 5.92 Å². The van der Waals surface area contributed by atoms with Crippen molar-refractivity contribution in [2.75, 3.05) is 19.6 Å². The number of carbonyl (C=O) groups excluding carboxylic acids is 4. The minimum absolute atomic E-state index is 0.102. The normalized spacial score (nSPS) is 16.8. The molecular weight excluding hydrogens is 372 g/mol. The fourth-order valence-electron chi connectivity index (χ4n) is 3.77. The first-order valence-corrected chi connectivity index (χ1v) is 9.78. The van der Waals surface area contributed by atoms with Gasteiger partial charge in [0.2, 0.25) is 5.91 Å². The Balaban J connectivity index is 1.57. The third-order valence-corrected chi connectivity index (χ3v) is 5.45. The van der Waals surface area contributed by atoms with E-state index >= 15 is 0 Å². The van der Waals surface area contributed by atoms with E-state index in [9.17, 15) is 19.2 Å². The monoisotopic (exact) mass is 396 g/mol. The number of fused-ring (bicyclic) bond motifs is 1. The molecule has 2 aliphatic heterocycles. The van der Waals surface area contributed by atoms with Gasteiger partial charge in [0.25, 0.3) is 17.7 Å². The molecule has 2 heterocycles. The van der Waals surface area contributed by atoms with Crippen molar-refractivity contribution in [3.05, 3.63) is 34.9 Å². The van der Waals surface area contributed by atoms with E-state index in [1.54, 1.807) is 24.8 Å². The number of hydrogen-bond donors (Lipinski definition) is 1. The van der Waals surface area contributed by atoms with Gasteiger partial charge in [-0.2, -0.15) is 5.26 Å². The molecule has 0 aliphatic carbocycles. The molecule has 2 aliphatic rings. The number of nitrogens with zero attached hydrogens (tertiary/aromatic N) is 3. The highest BCUT2D eigenvalue weighted by molar-refractivity contribution is 6.22. The summed E-state index contributed by atoms with van der Waals surface area (Å²) in [6, 6.07) is 6.20. The summed E-state index contributed by atoms with van der Waals surface area (Å²) in [5, 5.41) is 11.5. The molecule has 3 rings (SSSR count). The van der Waals surface area contributed by atoms with Crippen molar-refractivity contribution in [2.45, 2.75) is 39.2 Å². The van der Waals surface area contributed by atoms with Crippen LogP contribution in [0.2, 0.25) is 0 Å². The van der Waals surface area contributed by atoms with Crippen molar-refractivity contribution in [1.29, 1.82) is 5.26 Å². The summed E-state index contributed by atoms with van der Waals surface area (Å²) in [4.78, 5) is 52.0. The summed E-state index contributed by atoms with van der Waals surface area (Å²) in [6.45, 7) is 5.19. The summed E-state index contributed by atoms with van der Waals surface area (Å²) < 4.78 is 0. The molecule has 152 valence electrons. The fourth-order valence-corrected chi connectivity index (χ4v) is 3.77. The van der Waals surface area contributed by atoms with Gasteiger partial charge in [-0.15, -0.1) is 0 Å². The first-order chi connectivity index (χ1) is 13.8. The summed E-state index contributed by atoms with van der Waals surface area (Å²) in [5.74, 6) is -0.894. The van der Waals surface area contributed by atoms with E-state index in [1.807, 2.05) is 6.07 Å². The second-order valence-electron chi connectivity index (χ2n) is 7.70. The van der Waals surface area contributed by atoms with Crippen LogP contribution < -0.4 is 5.32 Å². The summed E-state index contributed by atoms with van der Waals surface area (Å²) in [5.41, 5.74) is 0.937. The van der Waals surface area contributed by atoms with Crippen LogP contribution in [-0.4, -0.2) is 59.1 Å². The fraction of sp³-hybridized carbons (Fsp3) is 0.476. The number of piperidine rings is 1. The van der Waals surface area contributed by atoms with Crippen molar-refractivity contribution in [3.63, 3.8) is 0 Å². The predicted octanol–water partition coefficient (Wildman–Crippen LogP) is 1.57. The number of nitrogens with one attached hydrogen (secondary N) is 1. The van der Waals surface area contributed by atoms with Crippen molar-refractivity contribution >= 4 is 23.6 Å². The van der Waals surface area contributed by atoms with E-state index in [4.69, 9.17) is 5.26 Å². The lowest BCUT2D eigenvalue weighted by molar-refractivity contribution is -0.131. The maximum Gasteiger partial charge on any atom is 0.261 e. The molecule has 29 heavy (non-hydrogen) atoms. The van der Waals surface area contributed by atoms with Crippen molar-refractivity contribution < 1.29 is 19.2 Å². The van der Waals surface area contributed by atoms with Crippen LogP contribution in [0.1, 0.15) is 64.2 Å². The minimum Gasteiger partial charge on any atom is -0.352 e. The van der Waals surface area contributed by atoms with Crippen LogP contribution in [0.25, 0.3) is 0 Å². The molecule has 0 aromatic heterocycles. The Morgan fingerprint density at radius 3 is 2.45 bits per heavy atom. The lowest BCUT2D eigenvalue weighted by Gasteiger charge is -2.31. The number of imide groups is 1. The Labute approximate surface area is 169 Å². The van der Waals surface area contributed by atoms with Gasteiger partial charge in [-0.1, -0.05) is 0 Å². The standard InChI is InChI=1S/C21H24N4O4/c1-13(2)25-20(28)16-4-3-15(11-17(16)21(25)29)19(27)23-12-14-6-9-24(10-7-14)18(26)5-8-22/h3-4,11,13-14H,5-7,9-10,12H2,1-2H3,(H,23,27). The van der Waals surface area contributed by atoms with Crippen LogP contribution in [0.15, 0.2) is 18.2 Å². The van der Waals surface area contributed by atoms with Gasteiger partial charge >= 0.3 is 0 Å². The third-order valence-electron chi connectivity index (χ3n) is 5.45. The van der Waals surface area contributed by atoms with Gasteiger partial charge in [0.1, 0.15) is 6.42 Å². The zero-order valence-corrected chi connectivity index (χ0v) is 16.6. The van der Waals surface area contributed by atoms with Crippen LogP contribution >= 0.6 is 0 Å². The Kier molecular flexibility index (Phi) is 5.97. The molecule has 0 radical (unpaired) electrons. The number of benzene rings is 1. The van der Waals surface area contributed by atoms with Crippen molar-refractivity contribution in [3.8, 4) is 6.07 Å². The quantitative estimate of drug-likeness (QED) is 0.760. The summed E-state index contributed by atoms with van der Waals surface area (Å²) in [7, 11) is 0. The Hall–Kier alpha value is -3.21. The van der Waals surface area contributed by atoms with Gasteiger partial charge in [-0.3, -0.25) is 24.1 Å². The van der Waals surface area contributed by atoms with Crippen molar-refractivity contribution in [1.82, 2.24) is 15.1 Å². The molecule has 1 saturated heterocycles. The predicted molar refractivity (Wildman–Crippen MR) is 104 cm³/mol. The first kappa shape index (κ1) is 20.5. The maximum atomic E-state index is 12.5. The summed E-state index contributed by atoms with van der Waals surface area (Å²) in [6.07, 6.45) is 1.42. The molecule has 0 saturated carbocycles. The highest BCUT2D eigenvalue weighted by Crippen LogP contribution is 2.26. The molecule has 0 atom stereocenters. The number of likely N-dealkylation sites (tertiary alicyclic amines) is 1. The molecule has 0 bridgehead atoms. The SMILES string of the molecule is CC(C)N1C(=O)c2ccc(C(=O)NCC3CCN(C(=O)CC#N)CC3)cc2C1=O. The Morgan fingerprint density at radius 1 is 1.17 bits per heavy atom. The Bertz CT molecular complexity index is 894. The molecule has 1 aromatic carbocycles. The van der Waals surface area contributed by atoms with Gasteiger partial charge in [0.15, 0.2) is 0 Å². The molecule has 1 N–H and O–H groups in total. The molecule has 8 nitrogen and oxygen atoms in total. The molecule has 8 heteroatoms. The molecular formula is C21H24N4O4. The number of rotatable bonds is 5. The van der Waals surface area contributed by atoms with Crippen LogP contribution in [0.4, 0.5) is 0 Å². The second-order valence-corrected chi connectivity index (χ2v) is 7.70. The maximum absolute atomic E-state index is 12.5. The van der Waals surface area contributed by atoms with Crippen LogP contribution in [0, 0.1) is 17.2 Å². The van der Waals surface area contributed by atoms with E-state index in [2.05, 4.69) is 5.32 Å². The van der Waals surface area contributed by atoms with Crippen LogP contribution in [0.5, 0.6) is 0 Å². The zero-order chi connectivity index (χ0) is 21.1. The number of hydrogen-bond acceptors (Lipinski definition) is 5. The van der Waals surface area contributed by atoms with E-state index in [1.165, 1.54) is 17.0 Å². The van der Waals surface area contributed by atoms with E-state index in [-0.39, 0.29) is 47.6 Å². The minimum atomic E-state index is -0.371. The van der Waals surface area contributed by atoms with Gasteiger partial charge in [0, 0.05) is 31.2 Å². The van der Waals surface area contributed by atoms with Crippen LogP contribution in [-0.2, 0) is 4.79 Å². The zero-order valence-electron chi connectivity index (χ0n) is 16.6. The largest absolute Gasteiger partial charge is 0.352 e. The topological polar surface area (TPSA) is 111 Å². The van der Waals surface area contributed by atoms with Gasteiger partial charge in [0.05, 0.1) is 17.2 Å². The lowest BCUT2D eigenvalue weighted by atomic mass is 9.96. The van der Waals surface area contributed by atoms with Gasteiger partial charge < -0.3 is 10.2 Å². The average Bonchev–Trinajstić information content (AvgIpc) is 2.96. The van der Waals surface area contributed by atoms with Crippen LogP contribution in [0.3, 0.4) is 0 Å². The summed E-state index contributed by atoms with van der Waals surface area (Å²) >= 11 is 0. The first-order valence-electron chi connectivity index (χ1n) is 9.78. The number of carbonyl (C=O) groups is 4. The highest BCUT2D eigenvalue weighted by Gasteiger charge is 2.37. The third kappa shape index (κ3) is 4.14. The molecule has 4 amide bonds. The average molecular weight is 396 g/mol. The smallest absolute Gasteiger partial charge is 0.261 e. The van der Waals surface area contributed by atoms with E-state index in [0.29, 0.717) is 30.8 Å². The molecule has 1 fully saturated rings. The second kappa shape index (κ2) is 8.43.